The van der Waals surface area contributed by atoms with Gasteiger partial charge in [0.05, 0.1) is 5.56 Å². The van der Waals surface area contributed by atoms with E-state index in [9.17, 15) is 14.7 Å². The molecule has 0 radical (unpaired) electrons. The summed E-state index contributed by atoms with van der Waals surface area (Å²) in [6, 6.07) is 6.90. The summed E-state index contributed by atoms with van der Waals surface area (Å²) in [5, 5.41) is 13.2. The van der Waals surface area contributed by atoms with Crippen LogP contribution in [0.15, 0.2) is 35.0 Å². The first kappa shape index (κ1) is 13.8. The van der Waals surface area contributed by atoms with Crippen LogP contribution in [0.25, 0.3) is 0 Å². The number of fused-ring (bicyclic) bond motifs is 1. The molecule has 1 aliphatic rings. The Kier molecular flexibility index (Phi) is 3.51. The summed E-state index contributed by atoms with van der Waals surface area (Å²) in [6.07, 6.45) is 0.362. The summed E-state index contributed by atoms with van der Waals surface area (Å²) in [5.41, 5.74) is 3.53. The van der Waals surface area contributed by atoms with Crippen LogP contribution >= 0.6 is 11.3 Å². The van der Waals surface area contributed by atoms with Gasteiger partial charge in [-0.3, -0.25) is 4.79 Å². The van der Waals surface area contributed by atoms with Crippen molar-refractivity contribution in [3.8, 4) is 0 Å². The van der Waals surface area contributed by atoms with E-state index in [-0.39, 0.29) is 5.91 Å². The molecule has 0 unspecified atom stereocenters. The molecule has 2 heterocycles. The van der Waals surface area contributed by atoms with Crippen LogP contribution in [0.5, 0.6) is 0 Å². The fourth-order valence-electron chi connectivity index (χ4n) is 2.69. The van der Waals surface area contributed by atoms with Crippen molar-refractivity contribution in [1.82, 2.24) is 4.90 Å². The second-order valence-electron chi connectivity index (χ2n) is 5.23. The van der Waals surface area contributed by atoms with Crippen LogP contribution in [0.2, 0.25) is 0 Å². The Hall–Kier alpha value is -2.14. The van der Waals surface area contributed by atoms with E-state index >= 15 is 0 Å². The number of hydrogen-bond acceptors (Lipinski definition) is 3. The highest BCUT2D eigenvalue weighted by Crippen LogP contribution is 2.26. The summed E-state index contributed by atoms with van der Waals surface area (Å²) in [4.78, 5) is 25.7. The van der Waals surface area contributed by atoms with Gasteiger partial charge in [0.25, 0.3) is 5.91 Å². The largest absolute Gasteiger partial charge is 0.480 e. The minimum absolute atomic E-state index is 0.198. The highest BCUT2D eigenvalue weighted by molar-refractivity contribution is 7.08. The minimum Gasteiger partial charge on any atom is -0.480 e. The molecule has 0 spiro atoms. The lowest BCUT2D eigenvalue weighted by Crippen LogP contribution is -2.48. The summed E-state index contributed by atoms with van der Waals surface area (Å²) < 4.78 is 0. The predicted molar refractivity (Wildman–Crippen MR) is 80.5 cm³/mol. The molecule has 0 saturated carbocycles. The molecule has 1 atom stereocenters. The second kappa shape index (κ2) is 5.33. The number of aliphatic carboxylic acids is 1. The molecule has 1 aromatic heterocycles. The van der Waals surface area contributed by atoms with Gasteiger partial charge in [0.1, 0.15) is 6.04 Å². The van der Waals surface area contributed by atoms with E-state index in [0.717, 1.165) is 16.7 Å². The average Bonchev–Trinajstić information content (AvgIpc) is 2.91. The summed E-state index contributed by atoms with van der Waals surface area (Å²) >= 11 is 1.46. The zero-order valence-electron chi connectivity index (χ0n) is 11.6. The Morgan fingerprint density at radius 2 is 1.95 bits per heavy atom. The molecule has 0 saturated heterocycles. The smallest absolute Gasteiger partial charge is 0.326 e. The molecule has 4 nitrogen and oxygen atoms in total. The lowest BCUT2D eigenvalue weighted by atomic mass is 9.93. The number of amides is 1. The molecule has 5 heteroatoms. The Labute approximate surface area is 126 Å². The Morgan fingerprint density at radius 1 is 1.24 bits per heavy atom. The molecule has 0 bridgehead atoms. The fraction of sp³-hybridized carbons (Fsp3) is 0.250. The first-order valence-electron chi connectivity index (χ1n) is 6.71. The van der Waals surface area contributed by atoms with Gasteiger partial charge >= 0.3 is 5.97 Å². The van der Waals surface area contributed by atoms with Crippen LogP contribution in [-0.2, 0) is 17.8 Å². The average molecular weight is 301 g/mol. The third-order valence-corrected chi connectivity index (χ3v) is 4.74. The first-order valence-corrected chi connectivity index (χ1v) is 7.65. The van der Waals surface area contributed by atoms with Gasteiger partial charge in [-0.1, -0.05) is 24.3 Å². The maximum Gasteiger partial charge on any atom is 0.326 e. The molecule has 1 aromatic carbocycles. The van der Waals surface area contributed by atoms with Gasteiger partial charge in [-0.25, -0.2) is 4.79 Å². The van der Waals surface area contributed by atoms with Crippen molar-refractivity contribution in [2.45, 2.75) is 25.9 Å². The van der Waals surface area contributed by atoms with Crippen molar-refractivity contribution < 1.29 is 14.7 Å². The van der Waals surface area contributed by atoms with E-state index in [4.69, 9.17) is 0 Å². The van der Waals surface area contributed by atoms with Crippen molar-refractivity contribution in [3.05, 3.63) is 57.3 Å². The molecule has 108 valence electrons. The highest BCUT2D eigenvalue weighted by atomic mass is 32.1. The Bertz CT molecular complexity index is 707. The van der Waals surface area contributed by atoms with E-state index in [2.05, 4.69) is 0 Å². The van der Waals surface area contributed by atoms with Crippen LogP contribution in [0.3, 0.4) is 0 Å². The molecule has 1 amide bonds. The number of rotatable bonds is 2. The van der Waals surface area contributed by atoms with Crippen molar-refractivity contribution in [2.24, 2.45) is 0 Å². The number of hydrogen-bond donors (Lipinski definition) is 1. The zero-order valence-corrected chi connectivity index (χ0v) is 12.4. The van der Waals surface area contributed by atoms with Gasteiger partial charge in [0.15, 0.2) is 0 Å². The summed E-state index contributed by atoms with van der Waals surface area (Å²) in [6.45, 7) is 2.22. The molecule has 0 aliphatic carbocycles. The number of carboxylic acid groups (broad SMARTS) is 1. The van der Waals surface area contributed by atoms with Crippen LogP contribution in [-0.4, -0.2) is 27.9 Å². The third-order valence-electron chi connectivity index (χ3n) is 3.88. The van der Waals surface area contributed by atoms with E-state index in [1.807, 2.05) is 36.6 Å². The molecule has 3 rings (SSSR count). The Balaban J connectivity index is 1.98. The van der Waals surface area contributed by atoms with Gasteiger partial charge in [-0.2, -0.15) is 11.3 Å². The normalized spacial score (nSPS) is 17.4. The third kappa shape index (κ3) is 2.45. The van der Waals surface area contributed by atoms with Gasteiger partial charge in [-0.05, 0) is 29.0 Å². The van der Waals surface area contributed by atoms with E-state index in [0.29, 0.717) is 18.5 Å². The molecule has 21 heavy (non-hydrogen) atoms. The number of nitrogens with zero attached hydrogens (tertiary/aromatic N) is 1. The molecular formula is C16H15NO3S. The monoisotopic (exact) mass is 301 g/mol. The van der Waals surface area contributed by atoms with Crippen LogP contribution in [0, 0.1) is 6.92 Å². The Morgan fingerprint density at radius 3 is 2.57 bits per heavy atom. The predicted octanol–water partition coefficient (Wildman–Crippen LogP) is 2.71. The van der Waals surface area contributed by atoms with Gasteiger partial charge in [-0.15, -0.1) is 0 Å². The van der Waals surface area contributed by atoms with Crippen molar-refractivity contribution in [2.75, 3.05) is 0 Å². The zero-order chi connectivity index (χ0) is 15.0. The molecular weight excluding hydrogens is 286 g/mol. The summed E-state index contributed by atoms with van der Waals surface area (Å²) in [5.74, 6) is -1.15. The van der Waals surface area contributed by atoms with Gasteiger partial charge in [0.2, 0.25) is 0 Å². The maximum absolute atomic E-state index is 12.7. The lowest BCUT2D eigenvalue weighted by molar-refractivity contribution is -0.142. The fourth-order valence-corrected chi connectivity index (χ4v) is 3.51. The topological polar surface area (TPSA) is 57.6 Å². The number of benzene rings is 1. The van der Waals surface area contributed by atoms with E-state index in [1.165, 1.54) is 16.2 Å². The van der Waals surface area contributed by atoms with Gasteiger partial charge < -0.3 is 10.0 Å². The lowest BCUT2D eigenvalue weighted by Gasteiger charge is -2.34. The van der Waals surface area contributed by atoms with E-state index in [1.54, 1.807) is 5.38 Å². The standard InChI is InChI=1S/C16H15NO3S/c1-10-8-21-9-13(10)15(18)17-7-12-5-3-2-4-11(12)6-14(17)16(19)20/h2-5,8-9,14H,6-7H2,1H3,(H,19,20)/t14-/m0/s1. The number of carbonyl (C=O) groups is 2. The van der Waals surface area contributed by atoms with E-state index < -0.39 is 12.0 Å². The molecule has 1 aliphatic heterocycles. The van der Waals surface area contributed by atoms with Crippen LogP contribution in [0.1, 0.15) is 27.0 Å². The highest BCUT2D eigenvalue weighted by Gasteiger charge is 2.35. The van der Waals surface area contributed by atoms with Crippen LogP contribution < -0.4 is 0 Å². The van der Waals surface area contributed by atoms with Crippen molar-refractivity contribution in [1.29, 1.82) is 0 Å². The quantitative estimate of drug-likeness (QED) is 0.928. The van der Waals surface area contributed by atoms with Crippen molar-refractivity contribution in [3.63, 3.8) is 0 Å². The first-order chi connectivity index (χ1) is 10.1. The minimum atomic E-state index is -0.953. The molecule has 1 N–H and O–H groups in total. The summed E-state index contributed by atoms with van der Waals surface area (Å²) in [7, 11) is 0. The van der Waals surface area contributed by atoms with Crippen molar-refractivity contribution >= 4 is 23.2 Å². The number of thiophene rings is 1. The second-order valence-corrected chi connectivity index (χ2v) is 5.97. The maximum atomic E-state index is 12.7. The molecule has 2 aromatic rings. The number of aryl methyl sites for hydroxylation is 1. The number of carboxylic acids is 1. The molecule has 0 fully saturated rings. The van der Waals surface area contributed by atoms with Crippen LogP contribution in [0.4, 0.5) is 0 Å². The number of carbonyl (C=O) groups excluding carboxylic acids is 1. The van der Waals surface area contributed by atoms with Gasteiger partial charge in [0, 0.05) is 18.3 Å². The SMILES string of the molecule is Cc1cscc1C(=O)N1Cc2ccccc2C[C@H]1C(=O)O.